The first-order valence-corrected chi connectivity index (χ1v) is 6.74. The summed E-state index contributed by atoms with van der Waals surface area (Å²) in [6.07, 6.45) is 2.53. The maximum atomic E-state index is 11.5. The first kappa shape index (κ1) is 13.9. The summed E-state index contributed by atoms with van der Waals surface area (Å²) in [5.74, 6) is 1.84. The van der Waals surface area contributed by atoms with Crippen LogP contribution in [-0.2, 0) is 0 Å². The maximum absolute atomic E-state index is 11.5. The molecule has 0 fully saturated rings. The molecule has 0 atom stereocenters. The highest BCUT2D eigenvalue weighted by atomic mass is 16.5. The van der Waals surface area contributed by atoms with E-state index in [1.54, 1.807) is 19.3 Å². The van der Waals surface area contributed by atoms with Gasteiger partial charge in [-0.15, -0.1) is 0 Å². The van der Waals surface area contributed by atoms with Crippen molar-refractivity contribution in [3.05, 3.63) is 70.6 Å². The van der Waals surface area contributed by atoms with Gasteiger partial charge in [-0.1, -0.05) is 0 Å². The Kier molecular flexibility index (Phi) is 3.66. The SMILES string of the molecule is COc1ccc(-c2cc(/C=C\O)c3ccc(=O)cc-3o2)cc1. The van der Waals surface area contributed by atoms with Crippen molar-refractivity contribution in [3.63, 3.8) is 0 Å². The Labute approximate surface area is 127 Å². The molecule has 0 bridgehead atoms. The predicted molar refractivity (Wildman–Crippen MR) is 85.3 cm³/mol. The molecule has 0 saturated heterocycles. The highest BCUT2D eigenvalue weighted by Crippen LogP contribution is 2.32. The molecule has 2 aliphatic rings. The van der Waals surface area contributed by atoms with Crippen LogP contribution < -0.4 is 10.2 Å². The van der Waals surface area contributed by atoms with Crippen molar-refractivity contribution in [1.82, 2.24) is 0 Å². The molecule has 0 spiro atoms. The summed E-state index contributed by atoms with van der Waals surface area (Å²) < 4.78 is 11.0. The van der Waals surface area contributed by atoms with E-state index in [2.05, 4.69) is 0 Å². The maximum Gasteiger partial charge on any atom is 0.182 e. The predicted octanol–water partition coefficient (Wildman–Crippen LogP) is 3.95. The molecule has 0 unspecified atom stereocenters. The number of aliphatic hydroxyl groups excluding tert-OH is 1. The molecule has 4 heteroatoms. The third-order valence-electron chi connectivity index (χ3n) is 3.40. The average Bonchev–Trinajstić information content (AvgIpc) is 2.54. The van der Waals surface area contributed by atoms with E-state index in [9.17, 15) is 4.79 Å². The summed E-state index contributed by atoms with van der Waals surface area (Å²) in [5, 5.41) is 9.07. The molecule has 0 aromatic heterocycles. The van der Waals surface area contributed by atoms with Gasteiger partial charge in [-0.3, -0.25) is 4.79 Å². The summed E-state index contributed by atoms with van der Waals surface area (Å²) in [6.45, 7) is 0. The third kappa shape index (κ3) is 2.59. The van der Waals surface area contributed by atoms with Crippen molar-refractivity contribution >= 4 is 6.08 Å². The number of benzene rings is 2. The van der Waals surface area contributed by atoms with E-state index in [1.165, 1.54) is 12.1 Å². The van der Waals surface area contributed by atoms with Crippen molar-refractivity contribution < 1.29 is 14.3 Å². The zero-order valence-corrected chi connectivity index (χ0v) is 11.9. The van der Waals surface area contributed by atoms with E-state index in [-0.39, 0.29) is 5.43 Å². The Morgan fingerprint density at radius 2 is 1.82 bits per heavy atom. The fourth-order valence-corrected chi connectivity index (χ4v) is 2.31. The zero-order valence-electron chi connectivity index (χ0n) is 11.9. The Bertz CT molecular complexity index is 844. The van der Waals surface area contributed by atoms with E-state index in [1.807, 2.05) is 30.3 Å². The van der Waals surface area contributed by atoms with Gasteiger partial charge in [0, 0.05) is 17.2 Å². The van der Waals surface area contributed by atoms with E-state index in [0.29, 0.717) is 11.5 Å². The van der Waals surface area contributed by atoms with Crippen LogP contribution in [0.15, 0.2) is 64.0 Å². The number of methoxy groups -OCH3 is 1. The lowest BCUT2D eigenvalue weighted by Crippen LogP contribution is -1.99. The molecule has 0 radical (unpaired) electrons. The van der Waals surface area contributed by atoms with Crippen LogP contribution in [0.3, 0.4) is 0 Å². The third-order valence-corrected chi connectivity index (χ3v) is 3.40. The van der Waals surface area contributed by atoms with Gasteiger partial charge in [0.1, 0.15) is 17.3 Å². The Morgan fingerprint density at radius 3 is 2.50 bits per heavy atom. The lowest BCUT2D eigenvalue weighted by atomic mass is 10.0. The molecular formula is C18H14O4. The molecule has 0 amide bonds. The minimum atomic E-state index is -0.123. The fraction of sp³-hybridized carbons (Fsp3) is 0.0556. The zero-order chi connectivity index (χ0) is 15.5. The van der Waals surface area contributed by atoms with E-state index in [0.717, 1.165) is 28.7 Å². The van der Waals surface area contributed by atoms with Crippen LogP contribution in [0.2, 0.25) is 0 Å². The Balaban J connectivity index is 2.20. The molecule has 4 nitrogen and oxygen atoms in total. The van der Waals surface area contributed by atoms with Crippen LogP contribution in [0.4, 0.5) is 0 Å². The number of rotatable bonds is 3. The molecule has 110 valence electrons. The van der Waals surface area contributed by atoms with E-state index in [4.69, 9.17) is 14.3 Å². The Morgan fingerprint density at radius 1 is 1.05 bits per heavy atom. The minimum Gasteiger partial charge on any atom is -0.516 e. The van der Waals surface area contributed by atoms with Gasteiger partial charge in [0.25, 0.3) is 0 Å². The van der Waals surface area contributed by atoms with Gasteiger partial charge in [0.15, 0.2) is 5.43 Å². The highest BCUT2D eigenvalue weighted by molar-refractivity contribution is 5.76. The van der Waals surface area contributed by atoms with Crippen molar-refractivity contribution in [2.45, 2.75) is 0 Å². The molecule has 1 heterocycles. The average molecular weight is 294 g/mol. The van der Waals surface area contributed by atoms with Crippen molar-refractivity contribution in [2.75, 3.05) is 7.11 Å². The van der Waals surface area contributed by atoms with Gasteiger partial charge in [-0.25, -0.2) is 0 Å². The molecule has 1 aromatic rings. The van der Waals surface area contributed by atoms with Crippen molar-refractivity contribution in [2.24, 2.45) is 0 Å². The molecular weight excluding hydrogens is 280 g/mol. The summed E-state index contributed by atoms with van der Waals surface area (Å²) in [6, 6.07) is 13.8. The smallest absolute Gasteiger partial charge is 0.182 e. The van der Waals surface area contributed by atoms with Crippen LogP contribution in [0.1, 0.15) is 5.56 Å². The molecule has 0 saturated carbocycles. The van der Waals surface area contributed by atoms with Gasteiger partial charge >= 0.3 is 0 Å². The Hall–Kier alpha value is -3.01. The standard InChI is InChI=1S/C18H14O4/c1-21-15-5-2-12(3-6-15)17-10-13(8-9-19)16-7-4-14(20)11-18(16)22-17/h2-11,19H,1H3/b9-8-. The summed E-state index contributed by atoms with van der Waals surface area (Å²) in [4.78, 5) is 11.5. The molecule has 1 aromatic carbocycles. The number of hydrogen-bond acceptors (Lipinski definition) is 4. The normalized spacial score (nSPS) is 11.1. The van der Waals surface area contributed by atoms with E-state index >= 15 is 0 Å². The monoisotopic (exact) mass is 294 g/mol. The van der Waals surface area contributed by atoms with Crippen molar-refractivity contribution in [1.29, 1.82) is 0 Å². The number of hydrogen-bond donors (Lipinski definition) is 1. The molecule has 22 heavy (non-hydrogen) atoms. The topological polar surface area (TPSA) is 59.7 Å². The van der Waals surface area contributed by atoms with Gasteiger partial charge < -0.3 is 14.3 Å². The van der Waals surface area contributed by atoms with Crippen LogP contribution in [0.25, 0.3) is 28.7 Å². The summed E-state index contributed by atoms with van der Waals surface area (Å²) in [5.41, 5.74) is 2.27. The second kappa shape index (κ2) is 5.77. The van der Waals surface area contributed by atoms with Gasteiger partial charge in [-0.05, 0) is 54.1 Å². The number of fused-ring (bicyclic) bond motifs is 1. The van der Waals surface area contributed by atoms with Gasteiger partial charge in [0.05, 0.1) is 13.4 Å². The molecule has 1 aliphatic carbocycles. The second-order valence-corrected chi connectivity index (χ2v) is 4.77. The minimum absolute atomic E-state index is 0.123. The van der Waals surface area contributed by atoms with Crippen molar-refractivity contribution in [3.8, 4) is 28.4 Å². The first-order chi connectivity index (χ1) is 10.7. The lowest BCUT2D eigenvalue weighted by Gasteiger charge is -2.11. The van der Waals surface area contributed by atoms with Crippen LogP contribution in [0.5, 0.6) is 5.75 Å². The number of ether oxygens (including phenoxy) is 1. The highest BCUT2D eigenvalue weighted by Gasteiger charge is 2.13. The molecule has 1 aliphatic heterocycles. The van der Waals surface area contributed by atoms with Crippen LogP contribution >= 0.6 is 0 Å². The number of aliphatic hydroxyl groups is 1. The first-order valence-electron chi connectivity index (χ1n) is 6.74. The van der Waals surface area contributed by atoms with Crippen LogP contribution in [-0.4, -0.2) is 12.2 Å². The van der Waals surface area contributed by atoms with E-state index < -0.39 is 0 Å². The van der Waals surface area contributed by atoms with Crippen LogP contribution in [0, 0.1) is 0 Å². The quantitative estimate of drug-likeness (QED) is 0.743. The molecule has 1 N–H and O–H groups in total. The summed E-state index contributed by atoms with van der Waals surface area (Å²) in [7, 11) is 1.61. The summed E-state index contributed by atoms with van der Waals surface area (Å²) >= 11 is 0. The van der Waals surface area contributed by atoms with Gasteiger partial charge in [0.2, 0.25) is 0 Å². The molecule has 3 rings (SSSR count). The van der Waals surface area contributed by atoms with Gasteiger partial charge in [-0.2, -0.15) is 0 Å². The lowest BCUT2D eigenvalue weighted by molar-refractivity contribution is 0.415. The fourth-order valence-electron chi connectivity index (χ4n) is 2.31. The second-order valence-electron chi connectivity index (χ2n) is 4.77. The largest absolute Gasteiger partial charge is 0.516 e.